The molecular formula is C24H25ClN4O5. The number of likely N-dealkylation sites (tertiary alicyclic amines) is 1. The van der Waals surface area contributed by atoms with Gasteiger partial charge < -0.3 is 28.8 Å². The lowest BCUT2D eigenvalue weighted by Gasteiger charge is -2.25. The van der Waals surface area contributed by atoms with E-state index < -0.39 is 0 Å². The number of nitrogens with one attached hydrogen (secondary N) is 1. The zero-order valence-electron chi connectivity index (χ0n) is 18.5. The number of benzene rings is 1. The third kappa shape index (κ3) is 4.19. The highest BCUT2D eigenvalue weighted by molar-refractivity contribution is 6.33. The van der Waals surface area contributed by atoms with Crippen LogP contribution in [0.5, 0.6) is 11.8 Å². The molecule has 34 heavy (non-hydrogen) atoms. The molecule has 1 aromatic carbocycles. The third-order valence-electron chi connectivity index (χ3n) is 6.54. The Morgan fingerprint density at radius 2 is 1.94 bits per heavy atom. The predicted octanol–water partition coefficient (Wildman–Crippen LogP) is 4.20. The lowest BCUT2D eigenvalue weighted by Crippen LogP contribution is -2.37. The normalized spacial score (nSPS) is 24.4. The summed E-state index contributed by atoms with van der Waals surface area (Å²) in [6, 6.07) is 9.30. The van der Waals surface area contributed by atoms with Gasteiger partial charge in [-0.2, -0.15) is 4.98 Å². The van der Waals surface area contributed by atoms with E-state index in [4.69, 9.17) is 30.5 Å². The largest absolute Gasteiger partial charge is 0.456 e. The molecule has 3 saturated heterocycles. The van der Waals surface area contributed by atoms with Crippen molar-refractivity contribution >= 4 is 28.9 Å². The Balaban J connectivity index is 1.17. The van der Waals surface area contributed by atoms with E-state index >= 15 is 0 Å². The predicted molar refractivity (Wildman–Crippen MR) is 124 cm³/mol. The fourth-order valence-electron chi connectivity index (χ4n) is 4.75. The quantitative estimate of drug-likeness (QED) is 0.592. The first-order valence-electron chi connectivity index (χ1n) is 11.7. The lowest BCUT2D eigenvalue weighted by molar-refractivity contribution is 0.0273. The molecule has 3 fully saturated rings. The van der Waals surface area contributed by atoms with Crippen LogP contribution in [0.4, 0.5) is 4.79 Å². The van der Waals surface area contributed by atoms with Gasteiger partial charge in [0.05, 0.1) is 28.9 Å². The Hall–Kier alpha value is -2.88. The number of fused-ring (bicyclic) bond motifs is 2. The number of hydrogen-bond acceptors (Lipinski definition) is 7. The molecule has 3 aliphatic rings. The summed E-state index contributed by atoms with van der Waals surface area (Å²) < 4.78 is 23.0. The Morgan fingerprint density at radius 3 is 2.76 bits per heavy atom. The molecule has 5 heterocycles. The Morgan fingerprint density at radius 1 is 1.12 bits per heavy atom. The van der Waals surface area contributed by atoms with Gasteiger partial charge in [-0.15, -0.1) is 0 Å². The average molecular weight is 485 g/mol. The first-order chi connectivity index (χ1) is 16.6. The van der Waals surface area contributed by atoms with E-state index in [1.807, 2.05) is 12.1 Å². The molecule has 1 amide bonds. The standard InChI is InChI=1S/C24H25ClN4O5/c25-16-12-17-22(28-23(26-17)34-19-13-32-18-8-11-31-21(18)19)27-20(16)14-4-6-15(7-5-14)33-24(30)29-9-2-1-3-10-29/h4-7,12,18-19,21H,1-3,8-11,13H2,(H,26,27,28)/t18-,19?,21+/m1/s1. The number of halogens is 1. The van der Waals surface area contributed by atoms with Crippen LogP contribution in [-0.2, 0) is 9.47 Å². The Labute approximate surface area is 201 Å². The second kappa shape index (κ2) is 9.05. The van der Waals surface area contributed by atoms with Crippen molar-refractivity contribution in [2.24, 2.45) is 0 Å². The number of nitrogens with zero attached hydrogens (tertiary/aromatic N) is 3. The van der Waals surface area contributed by atoms with Crippen LogP contribution >= 0.6 is 11.6 Å². The van der Waals surface area contributed by atoms with Gasteiger partial charge in [0.25, 0.3) is 6.01 Å². The second-order valence-electron chi connectivity index (χ2n) is 8.82. The zero-order chi connectivity index (χ0) is 23.1. The Bertz CT molecular complexity index is 1190. The highest BCUT2D eigenvalue weighted by Crippen LogP contribution is 2.32. The summed E-state index contributed by atoms with van der Waals surface area (Å²) in [6.45, 7) is 2.65. The molecule has 0 aliphatic carbocycles. The van der Waals surface area contributed by atoms with Crippen LogP contribution in [-0.4, -0.2) is 70.6 Å². The molecule has 10 heteroatoms. The molecule has 0 spiro atoms. The molecule has 1 unspecified atom stereocenters. The van der Waals surface area contributed by atoms with E-state index in [0.29, 0.717) is 46.9 Å². The van der Waals surface area contributed by atoms with E-state index in [9.17, 15) is 4.79 Å². The Kier molecular flexibility index (Phi) is 5.76. The van der Waals surface area contributed by atoms with Crippen molar-refractivity contribution in [1.82, 2.24) is 19.9 Å². The molecule has 3 aliphatic heterocycles. The third-order valence-corrected chi connectivity index (χ3v) is 6.82. The molecule has 3 atom stereocenters. The van der Waals surface area contributed by atoms with E-state index in [1.54, 1.807) is 23.1 Å². The number of hydrogen-bond donors (Lipinski definition) is 1. The van der Waals surface area contributed by atoms with Crippen LogP contribution < -0.4 is 9.47 Å². The molecule has 1 N–H and O–H groups in total. The monoisotopic (exact) mass is 484 g/mol. The molecule has 3 aromatic rings. The number of carbonyl (C=O) groups is 1. The average Bonchev–Trinajstić information content (AvgIpc) is 3.57. The van der Waals surface area contributed by atoms with E-state index in [0.717, 1.165) is 44.3 Å². The summed E-state index contributed by atoms with van der Waals surface area (Å²) in [4.78, 5) is 26.3. The van der Waals surface area contributed by atoms with Crippen LogP contribution in [0.2, 0.25) is 5.02 Å². The van der Waals surface area contributed by atoms with Gasteiger partial charge in [-0.05, 0) is 56.0 Å². The van der Waals surface area contributed by atoms with Gasteiger partial charge in [0.15, 0.2) is 11.8 Å². The van der Waals surface area contributed by atoms with Crippen molar-refractivity contribution in [2.45, 2.75) is 44.0 Å². The smallest absolute Gasteiger partial charge is 0.415 e. The molecule has 6 rings (SSSR count). The number of amides is 1. The number of rotatable bonds is 4. The van der Waals surface area contributed by atoms with Gasteiger partial charge in [0.2, 0.25) is 0 Å². The van der Waals surface area contributed by atoms with Gasteiger partial charge in [-0.3, -0.25) is 0 Å². The van der Waals surface area contributed by atoms with Crippen molar-refractivity contribution in [3.63, 3.8) is 0 Å². The fourth-order valence-corrected chi connectivity index (χ4v) is 5.01. The molecule has 0 saturated carbocycles. The van der Waals surface area contributed by atoms with E-state index in [2.05, 4.69) is 15.0 Å². The first-order valence-corrected chi connectivity index (χ1v) is 12.1. The molecule has 2 aromatic heterocycles. The maximum Gasteiger partial charge on any atom is 0.415 e. The number of imidazole rings is 1. The summed E-state index contributed by atoms with van der Waals surface area (Å²) in [5, 5.41) is 0.476. The van der Waals surface area contributed by atoms with Gasteiger partial charge >= 0.3 is 6.09 Å². The summed E-state index contributed by atoms with van der Waals surface area (Å²) in [6.07, 6.45) is 3.60. The van der Waals surface area contributed by atoms with Gasteiger partial charge in [-0.1, -0.05) is 11.6 Å². The van der Waals surface area contributed by atoms with E-state index in [1.165, 1.54) is 0 Å². The number of ether oxygens (including phenoxy) is 4. The van der Waals surface area contributed by atoms with Crippen molar-refractivity contribution in [3.8, 4) is 23.0 Å². The molecule has 0 bridgehead atoms. The van der Waals surface area contributed by atoms with Crippen molar-refractivity contribution in [1.29, 1.82) is 0 Å². The summed E-state index contributed by atoms with van der Waals surface area (Å²) in [7, 11) is 0. The number of H-pyrrole nitrogens is 1. The van der Waals surface area contributed by atoms with Crippen LogP contribution in [0.25, 0.3) is 22.4 Å². The number of pyridine rings is 1. The minimum atomic E-state index is -0.309. The fraction of sp³-hybridized carbons (Fsp3) is 0.458. The van der Waals surface area contributed by atoms with Crippen molar-refractivity contribution < 1.29 is 23.7 Å². The molecule has 9 nitrogen and oxygen atoms in total. The summed E-state index contributed by atoms with van der Waals surface area (Å²) in [5.41, 5.74) is 2.56. The number of piperidine rings is 1. The second-order valence-corrected chi connectivity index (χ2v) is 9.23. The van der Waals surface area contributed by atoms with Crippen LogP contribution in [0.1, 0.15) is 25.7 Å². The number of aromatic nitrogens is 3. The summed E-state index contributed by atoms with van der Waals surface area (Å²) >= 11 is 6.53. The minimum Gasteiger partial charge on any atom is -0.456 e. The van der Waals surface area contributed by atoms with Crippen LogP contribution in [0.15, 0.2) is 30.3 Å². The van der Waals surface area contributed by atoms with Crippen molar-refractivity contribution in [3.05, 3.63) is 35.4 Å². The highest BCUT2D eigenvalue weighted by Gasteiger charge is 2.43. The van der Waals surface area contributed by atoms with Gasteiger partial charge in [-0.25, -0.2) is 9.78 Å². The summed E-state index contributed by atoms with van der Waals surface area (Å²) in [5.74, 6) is 0.484. The van der Waals surface area contributed by atoms with Crippen molar-refractivity contribution in [2.75, 3.05) is 26.3 Å². The highest BCUT2D eigenvalue weighted by atomic mass is 35.5. The SMILES string of the molecule is O=C(Oc1ccc(-c2nc3nc(OC4CO[C@@H]5CCO[C@H]45)[nH]c3cc2Cl)cc1)N1CCCCC1. The van der Waals surface area contributed by atoms with Crippen LogP contribution in [0.3, 0.4) is 0 Å². The minimum absolute atomic E-state index is 0.0668. The molecule has 178 valence electrons. The topological polar surface area (TPSA) is 98.8 Å². The van der Waals surface area contributed by atoms with Crippen LogP contribution in [0, 0.1) is 0 Å². The maximum absolute atomic E-state index is 12.3. The lowest BCUT2D eigenvalue weighted by atomic mass is 10.1. The zero-order valence-corrected chi connectivity index (χ0v) is 19.3. The molecular weight excluding hydrogens is 460 g/mol. The van der Waals surface area contributed by atoms with Gasteiger partial charge in [0, 0.05) is 25.3 Å². The molecule has 0 radical (unpaired) electrons. The number of aromatic amines is 1. The first kappa shape index (κ1) is 21.6. The number of carbonyl (C=O) groups excluding carboxylic acids is 1. The maximum atomic E-state index is 12.3. The van der Waals surface area contributed by atoms with E-state index in [-0.39, 0.29) is 24.4 Å². The van der Waals surface area contributed by atoms with Gasteiger partial charge in [0.1, 0.15) is 11.9 Å².